The predicted molar refractivity (Wildman–Crippen MR) is 97.1 cm³/mol. The van der Waals surface area contributed by atoms with Crippen LogP contribution in [0.15, 0.2) is 23.2 Å². The summed E-state index contributed by atoms with van der Waals surface area (Å²) in [4.78, 5) is 5.93. The van der Waals surface area contributed by atoms with Crippen molar-refractivity contribution < 1.29 is 9.47 Å². The summed E-state index contributed by atoms with van der Waals surface area (Å²) in [7, 11) is 3.26. The van der Waals surface area contributed by atoms with Crippen LogP contribution in [0, 0.1) is 11.3 Å². The maximum absolute atomic E-state index is 9.57. The van der Waals surface area contributed by atoms with E-state index < -0.39 is 0 Å². The fourth-order valence-corrected chi connectivity index (χ4v) is 4.19. The number of aryl methyl sites for hydroxylation is 1. The van der Waals surface area contributed by atoms with Crippen molar-refractivity contribution in [1.82, 2.24) is 0 Å². The molecule has 5 heteroatoms. The van der Waals surface area contributed by atoms with Crippen molar-refractivity contribution in [1.29, 1.82) is 5.26 Å². The number of fused-ring (bicyclic) bond motifs is 1. The average molecular weight is 340 g/mol. The zero-order valence-electron chi connectivity index (χ0n) is 14.0. The van der Waals surface area contributed by atoms with Gasteiger partial charge in [0.1, 0.15) is 22.6 Å². The molecule has 1 aliphatic rings. The molecule has 124 valence electrons. The van der Waals surface area contributed by atoms with Gasteiger partial charge in [-0.05, 0) is 49.4 Å². The Morgan fingerprint density at radius 2 is 2.00 bits per heavy atom. The van der Waals surface area contributed by atoms with Crippen LogP contribution in [-0.2, 0) is 12.8 Å². The summed E-state index contributed by atoms with van der Waals surface area (Å²) in [5.74, 6) is 1.48. The van der Waals surface area contributed by atoms with E-state index in [1.54, 1.807) is 31.8 Å². The van der Waals surface area contributed by atoms with Crippen LogP contribution < -0.4 is 9.47 Å². The minimum absolute atomic E-state index is 0.733. The smallest absolute Gasteiger partial charge is 0.134 e. The van der Waals surface area contributed by atoms with E-state index in [0.717, 1.165) is 46.9 Å². The number of benzene rings is 1. The summed E-state index contributed by atoms with van der Waals surface area (Å²) in [6, 6.07) is 7.95. The van der Waals surface area contributed by atoms with Gasteiger partial charge in [0.2, 0.25) is 0 Å². The van der Waals surface area contributed by atoms with Gasteiger partial charge in [0.25, 0.3) is 0 Å². The highest BCUT2D eigenvalue weighted by atomic mass is 32.1. The van der Waals surface area contributed by atoms with Gasteiger partial charge in [-0.15, -0.1) is 11.3 Å². The van der Waals surface area contributed by atoms with Crippen LogP contribution in [0.2, 0.25) is 0 Å². The van der Waals surface area contributed by atoms with Crippen LogP contribution in [0.5, 0.6) is 11.5 Å². The molecule has 0 fully saturated rings. The maximum Gasteiger partial charge on any atom is 0.134 e. The zero-order chi connectivity index (χ0) is 16.9. The molecule has 0 spiro atoms. The summed E-state index contributed by atoms with van der Waals surface area (Å²) in [6.45, 7) is 0. The second-order valence-electron chi connectivity index (χ2n) is 5.72. The number of rotatable bonds is 4. The normalized spacial score (nSPS) is 14.0. The lowest BCUT2D eigenvalue weighted by molar-refractivity contribution is 0.402. The van der Waals surface area contributed by atoms with Crippen LogP contribution in [0.1, 0.15) is 40.8 Å². The molecule has 1 aromatic heterocycles. The van der Waals surface area contributed by atoms with Crippen molar-refractivity contribution in [2.45, 2.75) is 32.1 Å². The van der Waals surface area contributed by atoms with Gasteiger partial charge in [-0.3, -0.25) is 0 Å². The molecule has 0 aliphatic heterocycles. The maximum atomic E-state index is 9.57. The Kier molecular flexibility index (Phi) is 5.17. The molecule has 24 heavy (non-hydrogen) atoms. The van der Waals surface area contributed by atoms with E-state index in [1.165, 1.54) is 23.3 Å². The van der Waals surface area contributed by atoms with Gasteiger partial charge in [0.15, 0.2) is 0 Å². The topological polar surface area (TPSA) is 54.6 Å². The molecular formula is C19H20N2O2S. The van der Waals surface area contributed by atoms with Crippen molar-refractivity contribution in [2.24, 2.45) is 4.99 Å². The number of hydrogen-bond donors (Lipinski definition) is 0. The lowest BCUT2D eigenvalue weighted by Gasteiger charge is -2.06. The number of ether oxygens (including phenoxy) is 2. The first kappa shape index (κ1) is 16.5. The highest BCUT2D eigenvalue weighted by molar-refractivity contribution is 7.16. The Morgan fingerprint density at radius 3 is 2.75 bits per heavy atom. The van der Waals surface area contributed by atoms with Crippen LogP contribution in [0.25, 0.3) is 0 Å². The van der Waals surface area contributed by atoms with Crippen LogP contribution in [-0.4, -0.2) is 20.4 Å². The first-order chi connectivity index (χ1) is 11.8. The van der Waals surface area contributed by atoms with E-state index in [4.69, 9.17) is 9.47 Å². The molecule has 0 N–H and O–H groups in total. The molecule has 0 bridgehead atoms. The molecule has 0 saturated carbocycles. The monoisotopic (exact) mass is 340 g/mol. The Bertz CT molecular complexity index is 802. The molecule has 0 saturated heterocycles. The molecular weight excluding hydrogens is 320 g/mol. The van der Waals surface area contributed by atoms with Gasteiger partial charge in [-0.1, -0.05) is 6.42 Å². The fourth-order valence-electron chi connectivity index (χ4n) is 3.00. The fraction of sp³-hybridized carbons (Fsp3) is 0.368. The molecule has 4 nitrogen and oxygen atoms in total. The minimum atomic E-state index is 0.733. The van der Waals surface area contributed by atoms with Crippen LogP contribution in [0.3, 0.4) is 0 Å². The summed E-state index contributed by atoms with van der Waals surface area (Å²) < 4.78 is 10.6. The van der Waals surface area contributed by atoms with Crippen molar-refractivity contribution >= 4 is 22.6 Å². The largest absolute Gasteiger partial charge is 0.497 e. The predicted octanol–water partition coefficient (Wildman–Crippen LogP) is 4.66. The lowest BCUT2D eigenvalue weighted by atomic mass is 10.1. The Hall–Kier alpha value is -2.32. The zero-order valence-corrected chi connectivity index (χ0v) is 14.8. The highest BCUT2D eigenvalue weighted by Crippen LogP contribution is 2.38. The summed E-state index contributed by atoms with van der Waals surface area (Å²) in [6.07, 6.45) is 7.41. The molecule has 0 atom stereocenters. The summed E-state index contributed by atoms with van der Waals surface area (Å²) in [5, 5.41) is 10.4. The summed E-state index contributed by atoms with van der Waals surface area (Å²) >= 11 is 1.65. The summed E-state index contributed by atoms with van der Waals surface area (Å²) in [5.41, 5.74) is 2.80. The molecule has 0 amide bonds. The van der Waals surface area contributed by atoms with Crippen LogP contribution in [0.4, 0.5) is 5.00 Å². The van der Waals surface area contributed by atoms with Gasteiger partial charge in [-0.2, -0.15) is 5.26 Å². The van der Waals surface area contributed by atoms with Gasteiger partial charge in [0.05, 0.1) is 19.8 Å². The molecule has 2 aromatic rings. The first-order valence-corrected chi connectivity index (χ1v) is 8.89. The SMILES string of the molecule is COc1ccc(OC)c(/C=N/c2sc3c(c2C#N)CCCCC3)c1. The van der Waals surface area contributed by atoms with E-state index >= 15 is 0 Å². The molecule has 1 aromatic carbocycles. The molecule has 1 aliphatic carbocycles. The third kappa shape index (κ3) is 3.29. The van der Waals surface area contributed by atoms with E-state index in [2.05, 4.69) is 11.1 Å². The van der Waals surface area contributed by atoms with Crippen LogP contribution >= 0.6 is 11.3 Å². The van der Waals surface area contributed by atoms with Crippen molar-refractivity contribution in [3.63, 3.8) is 0 Å². The number of methoxy groups -OCH3 is 2. The third-order valence-corrected chi connectivity index (χ3v) is 5.47. The van der Waals surface area contributed by atoms with Crippen molar-refractivity contribution in [2.75, 3.05) is 14.2 Å². The quantitative estimate of drug-likeness (QED) is 0.601. The Labute approximate surface area is 146 Å². The number of hydrogen-bond acceptors (Lipinski definition) is 5. The second kappa shape index (κ2) is 7.50. The first-order valence-electron chi connectivity index (χ1n) is 8.07. The third-order valence-electron chi connectivity index (χ3n) is 4.27. The number of aliphatic imine (C=N–C) groups is 1. The van der Waals surface area contributed by atoms with Crippen molar-refractivity contribution in [3.8, 4) is 17.6 Å². The van der Waals surface area contributed by atoms with E-state index in [0.29, 0.717) is 0 Å². The number of thiophene rings is 1. The van der Waals surface area contributed by atoms with E-state index in [9.17, 15) is 5.26 Å². The number of nitrogens with zero attached hydrogens (tertiary/aromatic N) is 2. The van der Waals surface area contributed by atoms with Gasteiger partial charge in [0, 0.05) is 16.7 Å². The van der Waals surface area contributed by atoms with Gasteiger partial charge < -0.3 is 9.47 Å². The Morgan fingerprint density at radius 1 is 1.17 bits per heavy atom. The molecule has 3 rings (SSSR count). The molecule has 0 radical (unpaired) electrons. The highest BCUT2D eigenvalue weighted by Gasteiger charge is 2.19. The number of nitriles is 1. The minimum Gasteiger partial charge on any atom is -0.497 e. The van der Waals surface area contributed by atoms with E-state index in [-0.39, 0.29) is 0 Å². The molecule has 0 unspecified atom stereocenters. The standard InChI is InChI=1S/C19H20N2O2S/c1-22-14-8-9-17(23-2)13(10-14)12-21-19-16(11-20)15-6-4-3-5-7-18(15)24-19/h8-10,12H,3-7H2,1-2H3/b21-12+. The van der Waals surface area contributed by atoms with Crippen molar-refractivity contribution in [3.05, 3.63) is 39.8 Å². The van der Waals surface area contributed by atoms with Gasteiger partial charge >= 0.3 is 0 Å². The lowest BCUT2D eigenvalue weighted by Crippen LogP contribution is -1.92. The average Bonchev–Trinajstić information content (AvgIpc) is 2.79. The second-order valence-corrected chi connectivity index (χ2v) is 6.81. The Balaban J connectivity index is 1.97. The van der Waals surface area contributed by atoms with Gasteiger partial charge in [-0.25, -0.2) is 4.99 Å². The molecule has 1 heterocycles. The van der Waals surface area contributed by atoms with E-state index in [1.807, 2.05) is 18.2 Å².